The summed E-state index contributed by atoms with van der Waals surface area (Å²) in [7, 11) is 1.80. The number of halogens is 2. The zero-order valence-electron chi connectivity index (χ0n) is 15.6. The van der Waals surface area contributed by atoms with Crippen LogP contribution in [0.1, 0.15) is 19.4 Å². The van der Waals surface area contributed by atoms with E-state index in [4.69, 9.17) is 23.2 Å². The van der Waals surface area contributed by atoms with Crippen LogP contribution in [0.4, 0.5) is 11.4 Å². The molecule has 2 atom stereocenters. The Balaban J connectivity index is 1.94. The molecule has 0 aliphatic rings. The first kappa shape index (κ1) is 21.2. The predicted molar refractivity (Wildman–Crippen MR) is 111 cm³/mol. The highest BCUT2D eigenvalue weighted by Gasteiger charge is 2.24. The first-order valence-corrected chi connectivity index (χ1v) is 9.53. The third-order valence-corrected chi connectivity index (χ3v) is 4.98. The molecule has 7 heteroatoms. The van der Waals surface area contributed by atoms with Gasteiger partial charge in [-0.3, -0.25) is 9.59 Å². The largest absolute Gasteiger partial charge is 0.321 e. The number of aryl methyl sites for hydroxylation is 1. The topological polar surface area (TPSA) is 62.6 Å². The van der Waals surface area contributed by atoms with Gasteiger partial charge in [-0.05, 0) is 43.2 Å². The van der Waals surface area contributed by atoms with E-state index in [0.717, 1.165) is 22.6 Å². The van der Waals surface area contributed by atoms with Crippen LogP contribution in [-0.4, -0.2) is 31.4 Å². The second-order valence-corrected chi connectivity index (χ2v) is 7.26. The molecule has 144 valence electrons. The Morgan fingerprint density at radius 1 is 1.07 bits per heavy atom. The normalized spacial score (nSPS) is 12.9. The highest BCUT2D eigenvalue weighted by Crippen LogP contribution is 2.25. The summed E-state index contributed by atoms with van der Waals surface area (Å²) in [5.74, 6) is -0.365. The van der Waals surface area contributed by atoms with Crippen LogP contribution in [0.2, 0.25) is 10.0 Å². The molecule has 0 fully saturated rings. The monoisotopic (exact) mass is 408 g/mol. The maximum atomic E-state index is 12.5. The lowest BCUT2D eigenvalue weighted by molar-refractivity contribution is -0.885. The minimum absolute atomic E-state index is 0.141. The first-order valence-electron chi connectivity index (χ1n) is 8.77. The summed E-state index contributed by atoms with van der Waals surface area (Å²) in [6.45, 7) is 3.97. The number of rotatable bonds is 7. The van der Waals surface area contributed by atoms with Crippen LogP contribution >= 0.6 is 23.2 Å². The van der Waals surface area contributed by atoms with Crippen molar-refractivity contribution >= 4 is 46.4 Å². The number of hydrogen-bond donors (Lipinski definition) is 3. The molecule has 0 bridgehead atoms. The SMILES string of the molecule is CCc1ccccc1NC(=O)C[NH+](C)[C@H](C)C(=O)Nc1ccc(Cl)cc1Cl. The van der Waals surface area contributed by atoms with Crippen LogP contribution < -0.4 is 15.5 Å². The average molecular weight is 409 g/mol. The van der Waals surface area contributed by atoms with E-state index in [-0.39, 0.29) is 18.4 Å². The van der Waals surface area contributed by atoms with E-state index in [2.05, 4.69) is 10.6 Å². The van der Waals surface area contributed by atoms with Gasteiger partial charge in [-0.2, -0.15) is 0 Å². The standard InChI is InChI=1S/C20H23Cl2N3O2/c1-4-14-7-5-6-8-17(14)23-19(26)12-25(3)13(2)20(27)24-18-10-9-15(21)11-16(18)22/h5-11,13H,4,12H2,1-3H3,(H,23,26)(H,24,27)/p+1/t13-/m1/s1. The van der Waals surface area contributed by atoms with E-state index in [0.29, 0.717) is 15.7 Å². The molecule has 2 amide bonds. The summed E-state index contributed by atoms with van der Waals surface area (Å²) < 4.78 is 0. The number of carbonyl (C=O) groups is 2. The van der Waals surface area contributed by atoms with Gasteiger partial charge in [0.2, 0.25) is 0 Å². The molecule has 0 aromatic heterocycles. The lowest BCUT2D eigenvalue weighted by Gasteiger charge is -2.21. The van der Waals surface area contributed by atoms with Crippen molar-refractivity contribution < 1.29 is 14.5 Å². The first-order chi connectivity index (χ1) is 12.8. The van der Waals surface area contributed by atoms with Gasteiger partial charge in [-0.1, -0.05) is 48.3 Å². The van der Waals surface area contributed by atoms with Crippen molar-refractivity contribution in [3.05, 3.63) is 58.1 Å². The Morgan fingerprint density at radius 2 is 1.78 bits per heavy atom. The van der Waals surface area contributed by atoms with E-state index in [1.54, 1.807) is 32.2 Å². The van der Waals surface area contributed by atoms with Gasteiger partial charge in [-0.15, -0.1) is 0 Å². The van der Waals surface area contributed by atoms with Crippen molar-refractivity contribution in [1.82, 2.24) is 0 Å². The maximum Gasteiger partial charge on any atom is 0.282 e. The minimum atomic E-state index is -0.441. The molecule has 0 radical (unpaired) electrons. The number of para-hydroxylation sites is 1. The lowest BCUT2D eigenvalue weighted by atomic mass is 10.1. The second kappa shape index (κ2) is 9.74. The summed E-state index contributed by atoms with van der Waals surface area (Å²) in [5, 5.41) is 6.57. The number of quaternary nitrogens is 1. The summed E-state index contributed by atoms with van der Waals surface area (Å²) in [4.78, 5) is 25.6. The van der Waals surface area contributed by atoms with Crippen LogP contribution in [0.3, 0.4) is 0 Å². The molecule has 1 unspecified atom stereocenters. The molecule has 0 saturated carbocycles. The molecule has 0 aliphatic heterocycles. The molecule has 27 heavy (non-hydrogen) atoms. The van der Waals surface area contributed by atoms with Gasteiger partial charge in [0.05, 0.1) is 17.8 Å². The van der Waals surface area contributed by atoms with Crippen LogP contribution in [0.5, 0.6) is 0 Å². The van der Waals surface area contributed by atoms with Crippen LogP contribution in [-0.2, 0) is 16.0 Å². The maximum absolute atomic E-state index is 12.5. The van der Waals surface area contributed by atoms with Crippen molar-refractivity contribution in [2.45, 2.75) is 26.3 Å². The summed E-state index contributed by atoms with van der Waals surface area (Å²) in [5.41, 5.74) is 2.38. The number of carbonyl (C=O) groups excluding carboxylic acids is 2. The number of anilines is 2. The molecule has 2 aromatic rings. The Labute approximate surface area is 169 Å². The smallest absolute Gasteiger partial charge is 0.282 e. The molecule has 5 nitrogen and oxygen atoms in total. The molecule has 0 aliphatic carbocycles. The van der Waals surface area contributed by atoms with Gasteiger partial charge >= 0.3 is 0 Å². The van der Waals surface area contributed by atoms with Gasteiger partial charge in [0.1, 0.15) is 0 Å². The summed E-state index contributed by atoms with van der Waals surface area (Å²) >= 11 is 12.0. The van der Waals surface area contributed by atoms with Gasteiger partial charge in [0.25, 0.3) is 11.8 Å². The van der Waals surface area contributed by atoms with Gasteiger partial charge < -0.3 is 15.5 Å². The average Bonchev–Trinajstić information content (AvgIpc) is 2.63. The molecule has 2 aromatic carbocycles. The fraction of sp³-hybridized carbons (Fsp3) is 0.300. The van der Waals surface area contributed by atoms with Crippen molar-refractivity contribution in [1.29, 1.82) is 0 Å². The highest BCUT2D eigenvalue weighted by molar-refractivity contribution is 6.36. The number of hydrogen-bond acceptors (Lipinski definition) is 2. The van der Waals surface area contributed by atoms with Gasteiger partial charge in [-0.25, -0.2) is 0 Å². The second-order valence-electron chi connectivity index (χ2n) is 6.42. The third-order valence-electron chi connectivity index (χ3n) is 4.43. The van der Waals surface area contributed by atoms with Gasteiger partial charge in [0, 0.05) is 10.7 Å². The number of benzene rings is 2. The van der Waals surface area contributed by atoms with Crippen molar-refractivity contribution in [3.8, 4) is 0 Å². The fourth-order valence-electron chi connectivity index (χ4n) is 2.61. The molecule has 0 spiro atoms. The lowest BCUT2D eigenvalue weighted by Crippen LogP contribution is -3.14. The molecule has 0 saturated heterocycles. The Hall–Kier alpha value is -2.08. The molecular weight excluding hydrogens is 385 g/mol. The van der Waals surface area contributed by atoms with E-state index in [9.17, 15) is 9.59 Å². The van der Waals surface area contributed by atoms with Crippen LogP contribution in [0, 0.1) is 0 Å². The number of nitrogens with one attached hydrogen (secondary N) is 3. The summed E-state index contributed by atoms with van der Waals surface area (Å²) in [6.07, 6.45) is 0.833. The Kier molecular flexibility index (Phi) is 7.66. The van der Waals surface area contributed by atoms with Crippen LogP contribution in [0.25, 0.3) is 0 Å². The van der Waals surface area contributed by atoms with E-state index in [1.165, 1.54) is 0 Å². The zero-order valence-corrected chi connectivity index (χ0v) is 17.1. The Morgan fingerprint density at radius 3 is 2.44 bits per heavy atom. The van der Waals surface area contributed by atoms with Crippen molar-refractivity contribution in [2.75, 3.05) is 24.2 Å². The molecule has 3 N–H and O–H groups in total. The quantitative estimate of drug-likeness (QED) is 0.659. The van der Waals surface area contributed by atoms with Crippen LogP contribution in [0.15, 0.2) is 42.5 Å². The predicted octanol–water partition coefficient (Wildman–Crippen LogP) is 3.04. The Bertz CT molecular complexity index is 827. The van der Waals surface area contributed by atoms with E-state index in [1.807, 2.05) is 31.2 Å². The zero-order chi connectivity index (χ0) is 20.0. The molecular formula is C20H24Cl2N3O2+. The van der Waals surface area contributed by atoms with Crippen molar-refractivity contribution in [3.63, 3.8) is 0 Å². The molecule has 2 rings (SSSR count). The van der Waals surface area contributed by atoms with E-state index >= 15 is 0 Å². The molecule has 0 heterocycles. The number of amides is 2. The fourth-order valence-corrected chi connectivity index (χ4v) is 3.06. The minimum Gasteiger partial charge on any atom is -0.321 e. The third kappa shape index (κ3) is 5.96. The van der Waals surface area contributed by atoms with E-state index < -0.39 is 6.04 Å². The number of likely N-dealkylation sites (N-methyl/N-ethyl adjacent to an activating group) is 1. The van der Waals surface area contributed by atoms with Crippen molar-refractivity contribution in [2.24, 2.45) is 0 Å². The highest BCUT2D eigenvalue weighted by atomic mass is 35.5. The summed E-state index contributed by atoms with van der Waals surface area (Å²) in [6, 6.07) is 12.1. The van der Waals surface area contributed by atoms with Gasteiger partial charge in [0.15, 0.2) is 12.6 Å².